The Morgan fingerprint density at radius 3 is 2.18 bits per heavy atom. The second-order valence-corrected chi connectivity index (χ2v) is 8.94. The number of carbonyl (C=O) groups excluding carboxylic acids is 3. The molecule has 8 N–H and O–H groups in total. The molecule has 4 atom stereocenters. The van der Waals surface area contributed by atoms with E-state index in [2.05, 4.69) is 25.9 Å². The molecular weight excluding hydrogens is 468 g/mol. The van der Waals surface area contributed by atoms with Gasteiger partial charge in [-0.25, -0.2) is 9.78 Å². The van der Waals surface area contributed by atoms with E-state index >= 15 is 0 Å². The summed E-state index contributed by atoms with van der Waals surface area (Å²) >= 11 is 1.41. The number of rotatable bonds is 15. The van der Waals surface area contributed by atoms with E-state index in [4.69, 9.17) is 5.73 Å². The summed E-state index contributed by atoms with van der Waals surface area (Å²) in [5.74, 6) is -4.90. The molecule has 190 valence electrons. The van der Waals surface area contributed by atoms with Crippen LogP contribution in [0.5, 0.6) is 0 Å². The van der Waals surface area contributed by atoms with Crippen LogP contribution in [0.15, 0.2) is 12.5 Å². The summed E-state index contributed by atoms with van der Waals surface area (Å²) in [6.45, 7) is 3.25. The topological polar surface area (TPSA) is 217 Å². The Bertz CT molecular complexity index is 848. The number of carboxylic acid groups (broad SMARTS) is 2. The number of carboxylic acids is 2. The summed E-state index contributed by atoms with van der Waals surface area (Å²) in [6, 6.07) is -4.88. The monoisotopic (exact) mass is 500 g/mol. The van der Waals surface area contributed by atoms with Gasteiger partial charge in [-0.15, -0.1) is 0 Å². The molecule has 0 radical (unpaired) electrons. The molecule has 1 rings (SSSR count). The maximum atomic E-state index is 12.8. The number of aromatic nitrogens is 2. The van der Waals surface area contributed by atoms with Crippen LogP contribution >= 0.6 is 11.8 Å². The van der Waals surface area contributed by atoms with Crippen molar-refractivity contribution in [3.05, 3.63) is 18.2 Å². The Kier molecular flexibility index (Phi) is 12.1. The first-order chi connectivity index (χ1) is 16.0. The molecule has 0 aromatic carbocycles. The number of hydrogen-bond donors (Lipinski definition) is 7. The van der Waals surface area contributed by atoms with Crippen LogP contribution in [0.25, 0.3) is 0 Å². The van der Waals surface area contributed by atoms with Crippen LogP contribution in [-0.4, -0.2) is 86.0 Å². The third-order valence-electron chi connectivity index (χ3n) is 4.82. The molecule has 34 heavy (non-hydrogen) atoms. The van der Waals surface area contributed by atoms with Gasteiger partial charge < -0.3 is 36.9 Å². The van der Waals surface area contributed by atoms with Crippen LogP contribution < -0.4 is 21.7 Å². The highest BCUT2D eigenvalue weighted by Crippen LogP contribution is 2.07. The van der Waals surface area contributed by atoms with Gasteiger partial charge >= 0.3 is 11.9 Å². The smallest absolute Gasteiger partial charge is 0.326 e. The second-order valence-electron chi connectivity index (χ2n) is 7.96. The minimum Gasteiger partial charge on any atom is -0.481 e. The van der Waals surface area contributed by atoms with Crippen molar-refractivity contribution in [3.63, 3.8) is 0 Å². The van der Waals surface area contributed by atoms with Crippen molar-refractivity contribution in [1.82, 2.24) is 25.9 Å². The third-order valence-corrected chi connectivity index (χ3v) is 5.46. The van der Waals surface area contributed by atoms with Gasteiger partial charge in [0.15, 0.2) is 0 Å². The highest BCUT2D eigenvalue weighted by atomic mass is 32.2. The van der Waals surface area contributed by atoms with Crippen molar-refractivity contribution in [2.24, 2.45) is 11.7 Å². The highest BCUT2D eigenvalue weighted by Gasteiger charge is 2.32. The van der Waals surface area contributed by atoms with Crippen molar-refractivity contribution in [2.45, 2.75) is 57.3 Å². The zero-order valence-electron chi connectivity index (χ0n) is 19.2. The van der Waals surface area contributed by atoms with Gasteiger partial charge in [-0.05, 0) is 24.3 Å². The third kappa shape index (κ3) is 9.79. The van der Waals surface area contributed by atoms with Crippen LogP contribution in [-0.2, 0) is 30.4 Å². The van der Waals surface area contributed by atoms with Crippen molar-refractivity contribution >= 4 is 41.4 Å². The summed E-state index contributed by atoms with van der Waals surface area (Å²) in [4.78, 5) is 67.3. The van der Waals surface area contributed by atoms with Crippen molar-refractivity contribution < 1.29 is 34.2 Å². The average Bonchev–Trinajstić information content (AvgIpc) is 3.26. The van der Waals surface area contributed by atoms with Gasteiger partial charge in [0.2, 0.25) is 17.7 Å². The lowest BCUT2D eigenvalue weighted by Gasteiger charge is -2.25. The van der Waals surface area contributed by atoms with Crippen molar-refractivity contribution in [1.29, 1.82) is 0 Å². The molecule has 0 aliphatic rings. The fraction of sp³-hybridized carbons (Fsp3) is 0.600. The maximum absolute atomic E-state index is 12.8. The normalized spacial score (nSPS) is 14.5. The molecule has 1 aromatic heterocycles. The molecule has 0 spiro atoms. The van der Waals surface area contributed by atoms with E-state index in [1.807, 2.05) is 0 Å². The Morgan fingerprint density at radius 1 is 1.06 bits per heavy atom. The predicted octanol–water partition coefficient (Wildman–Crippen LogP) is -1.30. The number of aromatic amines is 1. The molecule has 3 amide bonds. The van der Waals surface area contributed by atoms with Crippen LogP contribution in [0.2, 0.25) is 0 Å². The van der Waals surface area contributed by atoms with Gasteiger partial charge in [-0.1, -0.05) is 13.8 Å². The zero-order chi connectivity index (χ0) is 25.8. The maximum Gasteiger partial charge on any atom is 0.326 e. The number of nitrogens with two attached hydrogens (primary N) is 1. The van der Waals surface area contributed by atoms with Gasteiger partial charge in [-0.2, -0.15) is 11.8 Å². The van der Waals surface area contributed by atoms with Gasteiger partial charge in [0, 0.05) is 18.3 Å². The molecule has 13 nitrogen and oxygen atoms in total. The number of thioether (sulfide) groups is 1. The van der Waals surface area contributed by atoms with Crippen LogP contribution in [0, 0.1) is 5.92 Å². The summed E-state index contributed by atoms with van der Waals surface area (Å²) in [6.07, 6.45) is 4.18. The number of amides is 3. The van der Waals surface area contributed by atoms with Gasteiger partial charge in [-0.3, -0.25) is 19.2 Å². The van der Waals surface area contributed by atoms with Crippen LogP contribution in [0.1, 0.15) is 32.4 Å². The van der Waals surface area contributed by atoms with Crippen LogP contribution in [0.4, 0.5) is 0 Å². The summed E-state index contributed by atoms with van der Waals surface area (Å²) in [5, 5.41) is 25.7. The Morgan fingerprint density at radius 2 is 1.68 bits per heavy atom. The lowest BCUT2D eigenvalue weighted by atomic mass is 10.0. The van der Waals surface area contributed by atoms with Gasteiger partial charge in [0.1, 0.15) is 18.1 Å². The zero-order valence-corrected chi connectivity index (χ0v) is 20.1. The van der Waals surface area contributed by atoms with Gasteiger partial charge in [0.05, 0.1) is 18.8 Å². The molecule has 1 aromatic rings. The average molecular weight is 501 g/mol. The van der Waals surface area contributed by atoms with E-state index in [0.29, 0.717) is 11.4 Å². The van der Waals surface area contributed by atoms with Crippen molar-refractivity contribution in [3.8, 4) is 0 Å². The largest absolute Gasteiger partial charge is 0.481 e. The molecule has 1 heterocycles. The van der Waals surface area contributed by atoms with E-state index in [1.165, 1.54) is 24.3 Å². The number of H-pyrrole nitrogens is 1. The number of nitrogens with zero attached hydrogens (tertiary/aromatic N) is 1. The molecule has 0 saturated carbocycles. The Hall–Kier alpha value is -3.13. The second kappa shape index (κ2) is 14.2. The number of hydrogen-bond acceptors (Lipinski definition) is 8. The lowest BCUT2D eigenvalue weighted by molar-refractivity contribution is -0.144. The van der Waals surface area contributed by atoms with Gasteiger partial charge in [0.25, 0.3) is 0 Å². The van der Waals surface area contributed by atoms with E-state index in [1.54, 1.807) is 20.1 Å². The molecule has 0 aliphatic heterocycles. The first-order valence-electron chi connectivity index (χ1n) is 10.5. The van der Waals surface area contributed by atoms with E-state index in [-0.39, 0.29) is 12.8 Å². The minimum absolute atomic E-state index is 0.0811. The quantitative estimate of drug-likeness (QED) is 0.151. The minimum atomic E-state index is -1.50. The van der Waals surface area contributed by atoms with E-state index in [9.17, 15) is 34.2 Å². The molecule has 4 unspecified atom stereocenters. The Labute approximate surface area is 201 Å². The van der Waals surface area contributed by atoms with Crippen LogP contribution in [0.3, 0.4) is 0 Å². The first-order valence-corrected chi connectivity index (χ1v) is 11.9. The number of nitrogens with one attached hydrogen (secondary N) is 4. The number of imidazole rings is 1. The fourth-order valence-electron chi connectivity index (χ4n) is 2.93. The van der Waals surface area contributed by atoms with Crippen molar-refractivity contribution in [2.75, 3.05) is 12.0 Å². The highest BCUT2D eigenvalue weighted by molar-refractivity contribution is 7.98. The van der Waals surface area contributed by atoms with E-state index in [0.717, 1.165) is 0 Å². The fourth-order valence-corrected chi connectivity index (χ4v) is 3.40. The molecule has 0 bridgehead atoms. The first kappa shape index (κ1) is 28.9. The number of carbonyl (C=O) groups is 5. The standard InChI is InChI=1S/C20H32N6O7S/c1-10(2)16(20(32)33)26-18(30)13(4-5-34-3)24-19(31)14(7-15(27)28)25-17(29)12(21)6-11-8-22-9-23-11/h8-10,12-14,16H,4-7,21H2,1-3H3,(H,22,23)(H,24,31)(H,25,29)(H,26,30)(H,27,28)(H,32,33). The summed E-state index contributed by atoms with van der Waals surface area (Å²) in [5.41, 5.74) is 6.43. The molecular formula is C20H32N6O7S. The summed E-state index contributed by atoms with van der Waals surface area (Å²) in [7, 11) is 0. The summed E-state index contributed by atoms with van der Waals surface area (Å²) < 4.78 is 0. The molecule has 0 fully saturated rings. The molecule has 14 heteroatoms. The number of aliphatic carboxylic acids is 2. The Balaban J connectivity index is 2.93. The lowest BCUT2D eigenvalue weighted by Crippen LogP contribution is -2.58. The predicted molar refractivity (Wildman–Crippen MR) is 124 cm³/mol. The molecule has 0 saturated heterocycles. The molecule has 0 aliphatic carbocycles. The SMILES string of the molecule is CSCCC(NC(=O)C(CC(=O)O)NC(=O)C(N)Cc1cnc[nH]1)C(=O)NC(C(=O)O)C(C)C. The van der Waals surface area contributed by atoms with E-state index < -0.39 is 66.2 Å².